The molecule has 0 saturated heterocycles. The van der Waals surface area contributed by atoms with Crippen molar-refractivity contribution in [3.63, 3.8) is 0 Å². The molecule has 1 atom stereocenters. The molecule has 0 amide bonds. The van der Waals surface area contributed by atoms with Gasteiger partial charge in [0, 0.05) is 18.3 Å². The molecule has 0 aliphatic heterocycles. The molecule has 0 fully saturated rings. The molecule has 5 nitrogen and oxygen atoms in total. The van der Waals surface area contributed by atoms with E-state index in [4.69, 9.17) is 4.52 Å². The molecule has 2 rings (SSSR count). The lowest BCUT2D eigenvalue weighted by Gasteiger charge is -2.08. The molecule has 0 aliphatic carbocycles. The highest BCUT2D eigenvalue weighted by Crippen LogP contribution is 2.17. The molecule has 2 aromatic heterocycles. The fraction of sp³-hybridized carbons (Fsp3) is 0.545. The first-order valence-electron chi connectivity index (χ1n) is 5.66. The molecule has 0 saturated carbocycles. The van der Waals surface area contributed by atoms with Crippen molar-refractivity contribution in [2.24, 2.45) is 0 Å². The summed E-state index contributed by atoms with van der Waals surface area (Å²) in [4.78, 5) is 8.68. The van der Waals surface area contributed by atoms with Crippen LogP contribution in [0.15, 0.2) is 9.90 Å². The molecular weight excluding hydrogens is 236 g/mol. The van der Waals surface area contributed by atoms with Gasteiger partial charge in [0.2, 0.25) is 5.89 Å². The average molecular weight is 252 g/mol. The Morgan fingerprint density at radius 1 is 1.47 bits per heavy atom. The molecule has 0 unspecified atom stereocenters. The summed E-state index contributed by atoms with van der Waals surface area (Å²) in [5, 5.41) is 10.4. The Bertz CT molecular complexity index is 479. The Morgan fingerprint density at radius 3 is 2.88 bits per heavy atom. The fourth-order valence-corrected chi connectivity index (χ4v) is 2.29. The Hall–Kier alpha value is -1.27. The van der Waals surface area contributed by atoms with Gasteiger partial charge in [-0.15, -0.1) is 11.3 Å². The van der Waals surface area contributed by atoms with Crippen LogP contribution in [0.25, 0.3) is 0 Å². The van der Waals surface area contributed by atoms with E-state index in [1.54, 1.807) is 18.3 Å². The first kappa shape index (κ1) is 12.2. The normalized spacial score (nSPS) is 12.9. The minimum atomic E-state index is 0.199. The number of nitrogens with one attached hydrogen (secondary N) is 1. The summed E-state index contributed by atoms with van der Waals surface area (Å²) in [5.41, 5.74) is 1.08. The number of rotatable bonds is 5. The van der Waals surface area contributed by atoms with Gasteiger partial charge in [0.05, 0.1) is 17.2 Å². The maximum atomic E-state index is 4.91. The highest BCUT2D eigenvalue weighted by atomic mass is 32.1. The van der Waals surface area contributed by atoms with Gasteiger partial charge >= 0.3 is 0 Å². The van der Waals surface area contributed by atoms with Crippen LogP contribution in [-0.2, 0) is 13.0 Å². The zero-order valence-corrected chi connectivity index (χ0v) is 11.0. The first-order chi connectivity index (χ1) is 8.19. The molecule has 6 heteroatoms. The summed E-state index contributed by atoms with van der Waals surface area (Å²) in [7, 11) is 0. The van der Waals surface area contributed by atoms with Gasteiger partial charge in [-0.2, -0.15) is 4.98 Å². The van der Waals surface area contributed by atoms with Crippen molar-refractivity contribution < 1.29 is 4.52 Å². The molecule has 2 aromatic rings. The first-order valence-corrected chi connectivity index (χ1v) is 6.54. The van der Waals surface area contributed by atoms with E-state index in [0.717, 1.165) is 12.1 Å². The SMILES string of the molecule is CCc1nc([C@@H](C)NCc2noc(C)n2)cs1. The van der Waals surface area contributed by atoms with Gasteiger partial charge in [-0.25, -0.2) is 4.98 Å². The minimum absolute atomic E-state index is 0.199. The summed E-state index contributed by atoms with van der Waals surface area (Å²) in [5.74, 6) is 1.27. The van der Waals surface area contributed by atoms with Crippen LogP contribution in [0.4, 0.5) is 0 Å². The second-order valence-corrected chi connectivity index (χ2v) is 4.79. The highest BCUT2D eigenvalue weighted by Gasteiger charge is 2.10. The lowest BCUT2D eigenvalue weighted by molar-refractivity contribution is 0.384. The zero-order chi connectivity index (χ0) is 12.3. The van der Waals surface area contributed by atoms with Crippen LogP contribution in [-0.4, -0.2) is 15.1 Å². The molecule has 0 spiro atoms. The van der Waals surface area contributed by atoms with Crippen molar-refractivity contribution in [2.45, 2.75) is 39.8 Å². The van der Waals surface area contributed by atoms with E-state index in [1.807, 2.05) is 0 Å². The quantitative estimate of drug-likeness (QED) is 0.884. The Labute approximate surface area is 104 Å². The van der Waals surface area contributed by atoms with Crippen molar-refractivity contribution in [1.82, 2.24) is 20.4 Å². The zero-order valence-electron chi connectivity index (χ0n) is 10.2. The topological polar surface area (TPSA) is 63.8 Å². The van der Waals surface area contributed by atoms with Gasteiger partial charge in [0.15, 0.2) is 5.82 Å². The highest BCUT2D eigenvalue weighted by molar-refractivity contribution is 7.09. The average Bonchev–Trinajstić information content (AvgIpc) is 2.94. The van der Waals surface area contributed by atoms with Crippen LogP contribution in [0, 0.1) is 6.92 Å². The number of aromatic nitrogens is 3. The largest absolute Gasteiger partial charge is 0.340 e. The van der Waals surface area contributed by atoms with Crippen LogP contribution in [0.1, 0.15) is 42.3 Å². The number of hydrogen-bond acceptors (Lipinski definition) is 6. The Morgan fingerprint density at radius 2 is 2.29 bits per heavy atom. The summed E-state index contributed by atoms with van der Waals surface area (Å²) in [6, 6.07) is 0.199. The van der Waals surface area contributed by atoms with E-state index in [-0.39, 0.29) is 6.04 Å². The molecule has 0 bridgehead atoms. The van der Waals surface area contributed by atoms with Crippen molar-refractivity contribution in [3.8, 4) is 0 Å². The van der Waals surface area contributed by atoms with Crippen LogP contribution < -0.4 is 5.32 Å². The van der Waals surface area contributed by atoms with E-state index >= 15 is 0 Å². The second-order valence-electron chi connectivity index (χ2n) is 3.85. The number of thiazole rings is 1. The van der Waals surface area contributed by atoms with Gasteiger partial charge in [-0.05, 0) is 13.3 Å². The lowest BCUT2D eigenvalue weighted by atomic mass is 10.2. The molecule has 2 heterocycles. The summed E-state index contributed by atoms with van der Waals surface area (Å²) >= 11 is 1.70. The number of nitrogens with zero attached hydrogens (tertiary/aromatic N) is 3. The maximum absolute atomic E-state index is 4.91. The predicted octanol–water partition coefficient (Wildman–Crippen LogP) is 2.25. The molecule has 92 valence electrons. The molecular formula is C11H16N4OS. The Kier molecular flexibility index (Phi) is 3.86. The van der Waals surface area contributed by atoms with E-state index in [1.165, 1.54) is 5.01 Å². The van der Waals surface area contributed by atoms with E-state index in [9.17, 15) is 0 Å². The van der Waals surface area contributed by atoms with Crippen molar-refractivity contribution in [2.75, 3.05) is 0 Å². The lowest BCUT2D eigenvalue weighted by Crippen LogP contribution is -2.19. The summed E-state index contributed by atoms with van der Waals surface area (Å²) in [6.45, 7) is 6.58. The molecule has 0 aliphatic rings. The van der Waals surface area contributed by atoms with Crippen molar-refractivity contribution in [1.29, 1.82) is 0 Å². The third-order valence-electron chi connectivity index (χ3n) is 2.45. The van der Waals surface area contributed by atoms with Gasteiger partial charge in [-0.1, -0.05) is 12.1 Å². The summed E-state index contributed by atoms with van der Waals surface area (Å²) in [6.07, 6.45) is 0.988. The fourth-order valence-electron chi connectivity index (χ4n) is 1.45. The molecule has 17 heavy (non-hydrogen) atoms. The Balaban J connectivity index is 1.90. The van der Waals surface area contributed by atoms with E-state index in [2.05, 4.69) is 39.7 Å². The minimum Gasteiger partial charge on any atom is -0.340 e. The van der Waals surface area contributed by atoms with Crippen molar-refractivity contribution >= 4 is 11.3 Å². The predicted molar refractivity (Wildman–Crippen MR) is 65.8 cm³/mol. The van der Waals surface area contributed by atoms with E-state index in [0.29, 0.717) is 18.3 Å². The van der Waals surface area contributed by atoms with Gasteiger partial charge < -0.3 is 9.84 Å². The van der Waals surface area contributed by atoms with Gasteiger partial charge in [-0.3, -0.25) is 0 Å². The van der Waals surface area contributed by atoms with Crippen LogP contribution in [0.3, 0.4) is 0 Å². The van der Waals surface area contributed by atoms with Crippen LogP contribution in [0.2, 0.25) is 0 Å². The standard InChI is InChI=1S/C11H16N4OS/c1-4-11-14-9(6-17-11)7(2)12-5-10-13-8(3)16-15-10/h6-7,12H,4-5H2,1-3H3/t7-/m1/s1. The van der Waals surface area contributed by atoms with Crippen LogP contribution in [0.5, 0.6) is 0 Å². The maximum Gasteiger partial charge on any atom is 0.223 e. The third-order valence-corrected chi connectivity index (χ3v) is 3.46. The number of hydrogen-bond donors (Lipinski definition) is 1. The van der Waals surface area contributed by atoms with E-state index < -0.39 is 0 Å². The van der Waals surface area contributed by atoms with Gasteiger partial charge in [0.25, 0.3) is 0 Å². The molecule has 1 N–H and O–H groups in total. The third kappa shape index (κ3) is 3.10. The van der Waals surface area contributed by atoms with Gasteiger partial charge in [0.1, 0.15) is 0 Å². The molecule has 0 radical (unpaired) electrons. The molecule has 0 aromatic carbocycles. The smallest absolute Gasteiger partial charge is 0.223 e. The van der Waals surface area contributed by atoms with Crippen LogP contribution >= 0.6 is 11.3 Å². The summed E-state index contributed by atoms with van der Waals surface area (Å²) < 4.78 is 4.91. The second kappa shape index (κ2) is 5.37. The number of aryl methyl sites for hydroxylation is 2. The van der Waals surface area contributed by atoms with Crippen molar-refractivity contribution in [3.05, 3.63) is 27.8 Å². The monoisotopic (exact) mass is 252 g/mol.